The van der Waals surface area contributed by atoms with Crippen molar-refractivity contribution in [2.45, 2.75) is 25.8 Å². The van der Waals surface area contributed by atoms with Gasteiger partial charge in [0.25, 0.3) is 5.91 Å². The maximum atomic E-state index is 12.2. The first kappa shape index (κ1) is 16.0. The van der Waals surface area contributed by atoms with Crippen LogP contribution in [-0.4, -0.2) is 50.0 Å². The van der Waals surface area contributed by atoms with E-state index in [0.29, 0.717) is 11.3 Å². The normalized spacial score (nSPS) is 15.7. The zero-order valence-electron chi connectivity index (χ0n) is 13.2. The highest BCUT2D eigenvalue weighted by Gasteiger charge is 2.15. The third-order valence-electron chi connectivity index (χ3n) is 4.01. The Morgan fingerprint density at radius 2 is 2.04 bits per heavy atom. The Bertz CT molecular complexity index is 673. The van der Waals surface area contributed by atoms with Gasteiger partial charge >= 0.3 is 0 Å². The number of aryl methyl sites for hydroxylation is 1. The molecule has 1 aliphatic rings. The summed E-state index contributed by atoms with van der Waals surface area (Å²) in [6.07, 6.45) is 8.99. The molecule has 23 heavy (non-hydrogen) atoms. The summed E-state index contributed by atoms with van der Waals surface area (Å²) in [5, 5.41) is 11.2. The van der Waals surface area contributed by atoms with Crippen LogP contribution in [0.1, 0.15) is 29.6 Å². The fraction of sp³-hybridized carbons (Fsp3) is 0.533. The number of rotatable bonds is 5. The molecule has 0 unspecified atom stereocenters. The molecule has 0 saturated carbocycles. The van der Waals surface area contributed by atoms with Gasteiger partial charge in [0.05, 0.1) is 24.0 Å². The summed E-state index contributed by atoms with van der Waals surface area (Å²) in [4.78, 5) is 14.6. The van der Waals surface area contributed by atoms with Crippen molar-refractivity contribution in [1.29, 1.82) is 0 Å². The first-order valence-corrected chi connectivity index (χ1v) is 8.25. The third kappa shape index (κ3) is 4.11. The molecule has 0 spiro atoms. The van der Waals surface area contributed by atoms with Gasteiger partial charge in [-0.05, 0) is 25.9 Å². The third-order valence-corrected chi connectivity index (χ3v) is 4.29. The van der Waals surface area contributed by atoms with Crippen LogP contribution in [0.3, 0.4) is 0 Å². The molecule has 2 aromatic heterocycles. The number of aromatic nitrogens is 4. The zero-order chi connectivity index (χ0) is 16.2. The average Bonchev–Trinajstić information content (AvgIpc) is 3.12. The number of nitrogens with one attached hydrogen (secondary N) is 1. The molecule has 0 atom stereocenters. The van der Waals surface area contributed by atoms with Gasteiger partial charge in [-0.15, -0.1) is 0 Å². The van der Waals surface area contributed by atoms with E-state index in [9.17, 15) is 4.79 Å². The van der Waals surface area contributed by atoms with Crippen molar-refractivity contribution < 1.29 is 4.79 Å². The smallest absolute Gasteiger partial charge is 0.260 e. The van der Waals surface area contributed by atoms with Crippen molar-refractivity contribution in [3.05, 3.63) is 29.3 Å². The van der Waals surface area contributed by atoms with Gasteiger partial charge in [0.2, 0.25) is 0 Å². The first-order valence-electron chi connectivity index (χ1n) is 7.87. The summed E-state index contributed by atoms with van der Waals surface area (Å²) in [7, 11) is 1.72. The van der Waals surface area contributed by atoms with Gasteiger partial charge in [0.1, 0.15) is 0 Å². The summed E-state index contributed by atoms with van der Waals surface area (Å²) in [5.41, 5.74) is 1.02. The van der Waals surface area contributed by atoms with Crippen molar-refractivity contribution in [3.8, 4) is 0 Å². The quantitative estimate of drug-likeness (QED) is 0.907. The van der Waals surface area contributed by atoms with E-state index in [-0.39, 0.29) is 11.1 Å². The molecular weight excluding hydrogens is 316 g/mol. The van der Waals surface area contributed by atoms with Crippen LogP contribution in [0.25, 0.3) is 0 Å². The molecule has 0 aromatic carbocycles. The molecule has 3 rings (SSSR count). The molecule has 8 heteroatoms. The summed E-state index contributed by atoms with van der Waals surface area (Å²) in [6, 6.07) is 0. The van der Waals surface area contributed by atoms with E-state index in [2.05, 4.69) is 20.4 Å². The summed E-state index contributed by atoms with van der Waals surface area (Å²) >= 11 is 5.93. The predicted molar refractivity (Wildman–Crippen MR) is 88.7 cm³/mol. The molecular formula is C15H21ClN6O. The zero-order valence-corrected chi connectivity index (χ0v) is 14.0. The second-order valence-electron chi connectivity index (χ2n) is 5.86. The Kier molecular flexibility index (Phi) is 4.97. The lowest BCUT2D eigenvalue weighted by Gasteiger charge is -2.26. The SMILES string of the molecule is Cn1cc(C(=O)Nc2cnn(CCN3CCCCC3)c2)c(Cl)n1. The molecule has 1 saturated heterocycles. The van der Waals surface area contributed by atoms with Gasteiger partial charge < -0.3 is 10.2 Å². The van der Waals surface area contributed by atoms with Gasteiger partial charge in [-0.25, -0.2) is 0 Å². The number of anilines is 1. The van der Waals surface area contributed by atoms with Crippen molar-refractivity contribution in [2.24, 2.45) is 7.05 Å². The van der Waals surface area contributed by atoms with Gasteiger partial charge in [-0.3, -0.25) is 14.2 Å². The van der Waals surface area contributed by atoms with E-state index in [1.165, 1.54) is 37.0 Å². The Morgan fingerprint density at radius 3 is 2.74 bits per heavy atom. The van der Waals surface area contributed by atoms with Crippen LogP contribution >= 0.6 is 11.6 Å². The molecule has 7 nitrogen and oxygen atoms in total. The lowest BCUT2D eigenvalue weighted by molar-refractivity contribution is 0.102. The molecule has 124 valence electrons. The molecule has 0 radical (unpaired) electrons. The van der Waals surface area contributed by atoms with E-state index < -0.39 is 0 Å². The predicted octanol–water partition coefficient (Wildman–Crippen LogP) is 2.01. The standard InChI is InChI=1S/C15H21ClN6O/c1-20-11-13(14(16)19-20)15(23)18-12-9-17-22(10-12)8-7-21-5-3-2-4-6-21/h9-11H,2-8H2,1H3,(H,18,23). The lowest BCUT2D eigenvalue weighted by atomic mass is 10.1. The van der Waals surface area contributed by atoms with Crippen molar-refractivity contribution in [3.63, 3.8) is 0 Å². The van der Waals surface area contributed by atoms with E-state index in [1.807, 2.05) is 10.9 Å². The number of amides is 1. The maximum Gasteiger partial charge on any atom is 0.260 e. The number of carbonyl (C=O) groups is 1. The van der Waals surface area contributed by atoms with Crippen LogP contribution < -0.4 is 5.32 Å². The minimum absolute atomic E-state index is 0.197. The first-order chi connectivity index (χ1) is 11.1. The van der Waals surface area contributed by atoms with Gasteiger partial charge in [0.15, 0.2) is 5.15 Å². The van der Waals surface area contributed by atoms with Crippen molar-refractivity contribution in [2.75, 3.05) is 25.0 Å². The second-order valence-corrected chi connectivity index (χ2v) is 6.21. The van der Waals surface area contributed by atoms with Crippen LogP contribution in [0.4, 0.5) is 5.69 Å². The molecule has 2 aromatic rings. The largest absolute Gasteiger partial charge is 0.319 e. The average molecular weight is 337 g/mol. The maximum absolute atomic E-state index is 12.2. The minimum Gasteiger partial charge on any atom is -0.319 e. The van der Waals surface area contributed by atoms with Crippen LogP contribution in [0.5, 0.6) is 0 Å². The van der Waals surface area contributed by atoms with E-state index in [0.717, 1.165) is 13.1 Å². The van der Waals surface area contributed by atoms with E-state index in [1.54, 1.807) is 19.4 Å². The Morgan fingerprint density at radius 1 is 1.26 bits per heavy atom. The van der Waals surface area contributed by atoms with Gasteiger partial charge in [-0.2, -0.15) is 10.2 Å². The molecule has 3 heterocycles. The monoisotopic (exact) mass is 336 g/mol. The molecule has 1 aliphatic heterocycles. The molecule has 1 N–H and O–H groups in total. The fourth-order valence-electron chi connectivity index (χ4n) is 2.79. The highest BCUT2D eigenvalue weighted by Crippen LogP contribution is 2.15. The second kappa shape index (κ2) is 7.14. The molecule has 0 bridgehead atoms. The van der Waals surface area contributed by atoms with Crippen LogP contribution in [0.2, 0.25) is 5.15 Å². The Labute approximate surface area is 140 Å². The van der Waals surface area contributed by atoms with E-state index >= 15 is 0 Å². The molecule has 0 aliphatic carbocycles. The minimum atomic E-state index is -0.279. The van der Waals surface area contributed by atoms with Crippen molar-refractivity contribution >= 4 is 23.2 Å². The molecule has 1 fully saturated rings. The number of carbonyl (C=O) groups excluding carboxylic acids is 1. The highest BCUT2D eigenvalue weighted by atomic mass is 35.5. The summed E-state index contributed by atoms with van der Waals surface area (Å²) < 4.78 is 3.37. The van der Waals surface area contributed by atoms with Crippen LogP contribution in [0, 0.1) is 0 Å². The fourth-order valence-corrected chi connectivity index (χ4v) is 3.04. The number of hydrogen-bond acceptors (Lipinski definition) is 4. The summed E-state index contributed by atoms with van der Waals surface area (Å²) in [5.74, 6) is -0.279. The number of hydrogen-bond donors (Lipinski definition) is 1. The number of nitrogens with zero attached hydrogens (tertiary/aromatic N) is 5. The summed E-state index contributed by atoms with van der Waals surface area (Å²) in [6.45, 7) is 4.15. The van der Waals surface area contributed by atoms with Crippen LogP contribution in [-0.2, 0) is 13.6 Å². The number of piperidine rings is 1. The van der Waals surface area contributed by atoms with Gasteiger partial charge in [0, 0.05) is 26.0 Å². The Hall–Kier alpha value is -1.86. The number of likely N-dealkylation sites (tertiary alicyclic amines) is 1. The van der Waals surface area contributed by atoms with Gasteiger partial charge in [-0.1, -0.05) is 18.0 Å². The molecule has 1 amide bonds. The van der Waals surface area contributed by atoms with Crippen LogP contribution in [0.15, 0.2) is 18.6 Å². The lowest BCUT2D eigenvalue weighted by Crippen LogP contribution is -2.32. The number of halogens is 1. The topological polar surface area (TPSA) is 68.0 Å². The van der Waals surface area contributed by atoms with Crippen molar-refractivity contribution in [1.82, 2.24) is 24.5 Å². The Balaban J connectivity index is 1.54. The highest BCUT2D eigenvalue weighted by molar-refractivity contribution is 6.33. The van der Waals surface area contributed by atoms with E-state index in [4.69, 9.17) is 11.6 Å².